The maximum absolute atomic E-state index is 11.7. The normalized spacial score (nSPS) is 14.8. The fraction of sp³-hybridized carbons (Fsp3) is 0.583. The van der Waals surface area contributed by atoms with Crippen molar-refractivity contribution < 1.29 is 4.79 Å². The molecular formula is C12H20N2OS. The van der Waals surface area contributed by atoms with Crippen molar-refractivity contribution in [2.75, 3.05) is 0 Å². The van der Waals surface area contributed by atoms with Crippen LogP contribution in [0.3, 0.4) is 0 Å². The van der Waals surface area contributed by atoms with E-state index in [0.29, 0.717) is 0 Å². The van der Waals surface area contributed by atoms with Gasteiger partial charge >= 0.3 is 0 Å². The van der Waals surface area contributed by atoms with Gasteiger partial charge in [-0.25, -0.2) is 0 Å². The smallest absolute Gasteiger partial charge is 0.237 e. The average Bonchev–Trinajstić information content (AvgIpc) is 2.68. The van der Waals surface area contributed by atoms with Crippen LogP contribution < -0.4 is 11.1 Å². The highest BCUT2D eigenvalue weighted by Gasteiger charge is 2.18. The summed E-state index contributed by atoms with van der Waals surface area (Å²) < 4.78 is 0. The molecule has 1 heterocycles. The molecule has 0 saturated heterocycles. The summed E-state index contributed by atoms with van der Waals surface area (Å²) in [4.78, 5) is 13.0. The molecule has 3 nitrogen and oxygen atoms in total. The lowest BCUT2D eigenvalue weighted by atomic mass is 10.0. The molecule has 3 N–H and O–H groups in total. The molecule has 0 bridgehead atoms. The molecule has 0 fully saturated rings. The van der Waals surface area contributed by atoms with Gasteiger partial charge in [0.25, 0.3) is 0 Å². The minimum atomic E-state index is -0.411. The summed E-state index contributed by atoms with van der Waals surface area (Å²) in [5, 5.41) is 4.99. The molecule has 0 aliphatic carbocycles. The van der Waals surface area contributed by atoms with Crippen LogP contribution in [0.4, 0.5) is 0 Å². The Labute approximate surface area is 101 Å². The molecule has 0 saturated carbocycles. The van der Waals surface area contributed by atoms with Crippen molar-refractivity contribution in [2.24, 2.45) is 11.7 Å². The molecule has 0 aliphatic rings. The number of carbonyl (C=O) groups is 1. The molecule has 4 heteroatoms. The lowest BCUT2D eigenvalue weighted by Gasteiger charge is -2.19. The zero-order valence-corrected chi connectivity index (χ0v) is 10.9. The van der Waals surface area contributed by atoms with Gasteiger partial charge in [-0.3, -0.25) is 4.79 Å². The van der Waals surface area contributed by atoms with Crippen molar-refractivity contribution in [3.05, 3.63) is 22.4 Å². The number of carbonyl (C=O) groups excluding carboxylic acids is 1. The van der Waals surface area contributed by atoms with Gasteiger partial charge in [0.2, 0.25) is 5.91 Å². The number of hydrogen-bond acceptors (Lipinski definition) is 3. The summed E-state index contributed by atoms with van der Waals surface area (Å²) >= 11 is 1.71. The summed E-state index contributed by atoms with van der Waals surface area (Å²) in [6.07, 6.45) is 0.869. The lowest BCUT2D eigenvalue weighted by molar-refractivity contribution is -0.123. The number of hydrogen-bond donors (Lipinski definition) is 2. The Hall–Kier alpha value is -0.870. The fourth-order valence-electron chi connectivity index (χ4n) is 1.42. The van der Waals surface area contributed by atoms with Gasteiger partial charge in [0, 0.05) is 17.3 Å². The second-order valence-electron chi connectivity index (χ2n) is 4.46. The largest absolute Gasteiger partial charge is 0.352 e. The van der Waals surface area contributed by atoms with Crippen LogP contribution in [0.1, 0.15) is 25.6 Å². The zero-order valence-electron chi connectivity index (χ0n) is 10.1. The molecule has 2 unspecified atom stereocenters. The van der Waals surface area contributed by atoms with E-state index in [2.05, 4.69) is 11.4 Å². The monoisotopic (exact) mass is 240 g/mol. The quantitative estimate of drug-likeness (QED) is 0.824. The minimum Gasteiger partial charge on any atom is -0.352 e. The second kappa shape index (κ2) is 6.01. The maximum Gasteiger partial charge on any atom is 0.237 e. The van der Waals surface area contributed by atoms with Crippen molar-refractivity contribution in [1.29, 1.82) is 0 Å². The highest BCUT2D eigenvalue weighted by Crippen LogP contribution is 2.11. The average molecular weight is 240 g/mol. The fourth-order valence-corrected chi connectivity index (χ4v) is 2.26. The van der Waals surface area contributed by atoms with Crippen LogP contribution in [-0.2, 0) is 11.2 Å². The number of nitrogens with two attached hydrogens (primary N) is 1. The third kappa shape index (κ3) is 3.94. The number of amides is 1. The molecule has 1 aromatic heterocycles. The Morgan fingerprint density at radius 1 is 1.50 bits per heavy atom. The Bertz CT molecular complexity index is 322. The molecule has 0 aromatic carbocycles. The lowest BCUT2D eigenvalue weighted by Crippen LogP contribution is -2.47. The molecule has 0 aliphatic heterocycles. The van der Waals surface area contributed by atoms with Gasteiger partial charge < -0.3 is 11.1 Å². The van der Waals surface area contributed by atoms with Crippen LogP contribution in [0.15, 0.2) is 17.5 Å². The van der Waals surface area contributed by atoms with E-state index in [1.54, 1.807) is 11.3 Å². The first kappa shape index (κ1) is 13.2. The van der Waals surface area contributed by atoms with Crippen LogP contribution in [0, 0.1) is 5.92 Å². The van der Waals surface area contributed by atoms with E-state index >= 15 is 0 Å². The predicted molar refractivity (Wildman–Crippen MR) is 68.4 cm³/mol. The van der Waals surface area contributed by atoms with E-state index in [1.807, 2.05) is 32.2 Å². The number of thiophene rings is 1. The Morgan fingerprint density at radius 2 is 2.19 bits per heavy atom. The van der Waals surface area contributed by atoms with Crippen LogP contribution in [0.25, 0.3) is 0 Å². The highest BCUT2D eigenvalue weighted by atomic mass is 32.1. The number of rotatable bonds is 5. The van der Waals surface area contributed by atoms with Gasteiger partial charge in [-0.1, -0.05) is 19.9 Å². The third-order valence-electron chi connectivity index (χ3n) is 2.50. The van der Waals surface area contributed by atoms with Crippen LogP contribution in [-0.4, -0.2) is 18.0 Å². The first-order valence-corrected chi connectivity index (χ1v) is 6.47. The summed E-state index contributed by atoms with van der Waals surface area (Å²) in [6.45, 7) is 5.91. The van der Waals surface area contributed by atoms with E-state index in [1.165, 1.54) is 4.88 Å². The third-order valence-corrected chi connectivity index (χ3v) is 3.40. The van der Waals surface area contributed by atoms with E-state index in [9.17, 15) is 4.79 Å². The maximum atomic E-state index is 11.7. The second-order valence-corrected chi connectivity index (χ2v) is 5.50. The van der Waals surface area contributed by atoms with E-state index in [4.69, 9.17) is 5.73 Å². The molecule has 0 radical (unpaired) electrons. The van der Waals surface area contributed by atoms with Crippen molar-refractivity contribution in [2.45, 2.75) is 39.3 Å². The van der Waals surface area contributed by atoms with Crippen LogP contribution in [0.5, 0.6) is 0 Å². The van der Waals surface area contributed by atoms with Gasteiger partial charge in [0.05, 0.1) is 6.04 Å². The first-order chi connectivity index (χ1) is 7.50. The van der Waals surface area contributed by atoms with Crippen LogP contribution >= 0.6 is 11.3 Å². The minimum absolute atomic E-state index is 0.0564. The van der Waals surface area contributed by atoms with Crippen molar-refractivity contribution in [3.63, 3.8) is 0 Å². The van der Waals surface area contributed by atoms with Gasteiger partial charge in [0.15, 0.2) is 0 Å². The summed E-state index contributed by atoms with van der Waals surface area (Å²) in [7, 11) is 0. The molecular weight excluding hydrogens is 220 g/mol. The molecule has 90 valence electrons. The van der Waals surface area contributed by atoms with Gasteiger partial charge in [-0.15, -0.1) is 11.3 Å². The van der Waals surface area contributed by atoms with E-state index < -0.39 is 6.04 Å². The molecule has 1 amide bonds. The van der Waals surface area contributed by atoms with E-state index in [-0.39, 0.29) is 17.9 Å². The topological polar surface area (TPSA) is 55.1 Å². The van der Waals surface area contributed by atoms with Crippen molar-refractivity contribution >= 4 is 17.2 Å². The molecule has 1 aromatic rings. The first-order valence-electron chi connectivity index (χ1n) is 5.59. The Balaban J connectivity index is 2.39. The summed E-state index contributed by atoms with van der Waals surface area (Å²) in [5.74, 6) is 0.119. The molecule has 0 spiro atoms. The number of nitrogens with one attached hydrogen (secondary N) is 1. The van der Waals surface area contributed by atoms with E-state index in [0.717, 1.165) is 6.42 Å². The highest BCUT2D eigenvalue weighted by molar-refractivity contribution is 7.09. The zero-order chi connectivity index (χ0) is 12.1. The predicted octanol–water partition coefficient (Wildman–Crippen LogP) is 1.78. The van der Waals surface area contributed by atoms with Crippen LogP contribution in [0.2, 0.25) is 0 Å². The van der Waals surface area contributed by atoms with Gasteiger partial charge in [-0.2, -0.15) is 0 Å². The summed E-state index contributed by atoms with van der Waals surface area (Å²) in [5.41, 5.74) is 5.77. The molecule has 2 atom stereocenters. The summed E-state index contributed by atoms with van der Waals surface area (Å²) in [6, 6.07) is 3.83. The van der Waals surface area contributed by atoms with Crippen molar-refractivity contribution in [1.82, 2.24) is 5.32 Å². The van der Waals surface area contributed by atoms with Crippen molar-refractivity contribution in [3.8, 4) is 0 Å². The molecule has 1 rings (SSSR count). The standard InChI is InChI=1S/C12H20N2OS/c1-8(2)11(13)12(15)14-9(3)7-10-5-4-6-16-10/h4-6,8-9,11H,7,13H2,1-3H3,(H,14,15). The van der Waals surface area contributed by atoms with Gasteiger partial charge in [0.1, 0.15) is 0 Å². The Kier molecular flexibility index (Phi) is 4.96. The molecule has 16 heavy (non-hydrogen) atoms. The SMILES string of the molecule is CC(Cc1cccs1)NC(=O)C(N)C(C)C. The Morgan fingerprint density at radius 3 is 2.69 bits per heavy atom. The van der Waals surface area contributed by atoms with Gasteiger partial charge in [-0.05, 0) is 24.3 Å².